The third-order valence-corrected chi connectivity index (χ3v) is 5.91. The largest absolute Gasteiger partial charge is 0.491 e. The summed E-state index contributed by atoms with van der Waals surface area (Å²) in [5, 5.41) is 4.73. The van der Waals surface area contributed by atoms with Gasteiger partial charge in [-0.1, -0.05) is 18.2 Å². The highest BCUT2D eigenvalue weighted by atomic mass is 16.5. The molecule has 0 amide bonds. The van der Waals surface area contributed by atoms with Crippen LogP contribution in [0.2, 0.25) is 0 Å². The Hall–Kier alpha value is -3.16. The molecule has 1 saturated heterocycles. The summed E-state index contributed by atoms with van der Waals surface area (Å²) in [6.45, 7) is 8.43. The Labute approximate surface area is 188 Å². The van der Waals surface area contributed by atoms with E-state index in [1.54, 1.807) is 7.11 Å². The Morgan fingerprint density at radius 2 is 2.03 bits per heavy atom. The summed E-state index contributed by atoms with van der Waals surface area (Å²) in [6, 6.07) is 14.5. The maximum atomic E-state index is 5.72. The van der Waals surface area contributed by atoms with Crippen molar-refractivity contribution in [1.82, 2.24) is 19.7 Å². The molecule has 4 heterocycles. The standard InChI is InChI=1S/C25H29N5O2/c1-25(2)17-29(12-10-27-25)21-6-4-5-18-7-8-20(28-24(18)21)22-16-26-23-15-19(9-11-30(22)23)32-14-13-31-3/h4-9,11,15-16,27H,10,12-14,17H2,1-3H3. The molecule has 0 saturated carbocycles. The Bertz CT molecular complexity index is 1250. The predicted octanol–water partition coefficient (Wildman–Crippen LogP) is 3.76. The molecule has 3 aromatic heterocycles. The van der Waals surface area contributed by atoms with Crippen LogP contribution in [0.1, 0.15) is 13.8 Å². The second-order valence-corrected chi connectivity index (χ2v) is 8.85. The summed E-state index contributed by atoms with van der Waals surface area (Å²) in [5.41, 5.74) is 4.97. The molecule has 0 aliphatic carbocycles. The van der Waals surface area contributed by atoms with Gasteiger partial charge in [0.05, 0.1) is 35.4 Å². The number of piperazine rings is 1. The Kier molecular flexibility index (Phi) is 5.45. The van der Waals surface area contributed by atoms with E-state index < -0.39 is 0 Å². The van der Waals surface area contributed by atoms with E-state index in [2.05, 4.69) is 59.4 Å². The molecule has 0 atom stereocenters. The van der Waals surface area contributed by atoms with Crippen LogP contribution in [0.25, 0.3) is 27.9 Å². The molecule has 1 aliphatic rings. The van der Waals surface area contributed by atoms with Gasteiger partial charge < -0.3 is 19.7 Å². The fourth-order valence-electron chi connectivity index (χ4n) is 4.36. The lowest BCUT2D eigenvalue weighted by Crippen LogP contribution is -2.57. The lowest BCUT2D eigenvalue weighted by atomic mass is 10.0. The van der Waals surface area contributed by atoms with Crippen molar-refractivity contribution in [3.8, 4) is 17.1 Å². The van der Waals surface area contributed by atoms with Crippen molar-refractivity contribution in [2.45, 2.75) is 19.4 Å². The number of benzene rings is 1. The van der Waals surface area contributed by atoms with Crippen LogP contribution in [0.15, 0.2) is 54.9 Å². The van der Waals surface area contributed by atoms with Crippen molar-refractivity contribution in [3.05, 3.63) is 54.9 Å². The van der Waals surface area contributed by atoms with Crippen LogP contribution in [0.3, 0.4) is 0 Å². The lowest BCUT2D eigenvalue weighted by Gasteiger charge is -2.40. The molecule has 5 rings (SSSR count). The van der Waals surface area contributed by atoms with Gasteiger partial charge in [0.1, 0.15) is 18.0 Å². The molecule has 0 unspecified atom stereocenters. The minimum Gasteiger partial charge on any atom is -0.491 e. The number of aromatic nitrogens is 3. The quantitative estimate of drug-likeness (QED) is 0.469. The summed E-state index contributed by atoms with van der Waals surface area (Å²) < 4.78 is 12.8. The van der Waals surface area contributed by atoms with Gasteiger partial charge in [-0.15, -0.1) is 0 Å². The first kappa shape index (κ1) is 20.7. The molecular formula is C25H29N5O2. The van der Waals surface area contributed by atoms with E-state index in [9.17, 15) is 0 Å². The predicted molar refractivity (Wildman–Crippen MR) is 128 cm³/mol. The summed E-state index contributed by atoms with van der Waals surface area (Å²) in [5.74, 6) is 0.779. The Balaban J connectivity index is 1.51. The summed E-state index contributed by atoms with van der Waals surface area (Å²) in [4.78, 5) is 12.1. The van der Waals surface area contributed by atoms with E-state index >= 15 is 0 Å². The topological polar surface area (TPSA) is 63.9 Å². The number of methoxy groups -OCH3 is 1. The normalized spacial score (nSPS) is 16.0. The molecule has 1 fully saturated rings. The van der Waals surface area contributed by atoms with Crippen molar-refractivity contribution >= 4 is 22.2 Å². The van der Waals surface area contributed by atoms with E-state index in [1.165, 1.54) is 5.69 Å². The minimum absolute atomic E-state index is 0.0721. The van der Waals surface area contributed by atoms with Crippen LogP contribution in [0.4, 0.5) is 5.69 Å². The molecule has 0 spiro atoms. The van der Waals surface area contributed by atoms with Crippen molar-refractivity contribution in [2.75, 3.05) is 44.9 Å². The molecular weight excluding hydrogens is 402 g/mol. The third-order valence-electron chi connectivity index (χ3n) is 5.91. The van der Waals surface area contributed by atoms with Crippen molar-refractivity contribution in [3.63, 3.8) is 0 Å². The summed E-state index contributed by atoms with van der Waals surface area (Å²) in [6.07, 6.45) is 3.86. The van der Waals surface area contributed by atoms with Gasteiger partial charge in [0.2, 0.25) is 0 Å². The first-order valence-corrected chi connectivity index (χ1v) is 11.0. The molecule has 32 heavy (non-hydrogen) atoms. The molecule has 0 bridgehead atoms. The smallest absolute Gasteiger partial charge is 0.140 e. The average molecular weight is 432 g/mol. The SMILES string of the molecule is COCCOc1ccn2c(-c3ccc4cccc(N5CCNC(C)(C)C5)c4n3)cnc2c1. The number of rotatable bonds is 6. The van der Waals surface area contributed by atoms with E-state index in [1.807, 2.05) is 28.9 Å². The third kappa shape index (κ3) is 4.01. The van der Waals surface area contributed by atoms with Crippen LogP contribution in [-0.4, -0.2) is 59.9 Å². The molecule has 1 N–H and O–H groups in total. The van der Waals surface area contributed by atoms with Crippen LogP contribution in [-0.2, 0) is 4.74 Å². The number of hydrogen-bond donors (Lipinski definition) is 1. The maximum absolute atomic E-state index is 5.72. The van der Waals surface area contributed by atoms with E-state index in [-0.39, 0.29) is 5.54 Å². The van der Waals surface area contributed by atoms with Crippen molar-refractivity contribution < 1.29 is 9.47 Å². The summed E-state index contributed by atoms with van der Waals surface area (Å²) >= 11 is 0. The molecule has 4 aromatic rings. The van der Waals surface area contributed by atoms with Gasteiger partial charge in [0, 0.05) is 49.9 Å². The van der Waals surface area contributed by atoms with Gasteiger partial charge in [-0.05, 0) is 32.0 Å². The number of nitrogens with zero attached hydrogens (tertiary/aromatic N) is 4. The van der Waals surface area contributed by atoms with Crippen molar-refractivity contribution in [2.24, 2.45) is 0 Å². The Morgan fingerprint density at radius 1 is 1.12 bits per heavy atom. The highest BCUT2D eigenvalue weighted by Crippen LogP contribution is 2.30. The molecule has 7 heteroatoms. The molecule has 7 nitrogen and oxygen atoms in total. The number of nitrogens with one attached hydrogen (secondary N) is 1. The molecule has 0 radical (unpaired) electrons. The maximum Gasteiger partial charge on any atom is 0.140 e. The number of fused-ring (bicyclic) bond motifs is 2. The van der Waals surface area contributed by atoms with Gasteiger partial charge in [0.25, 0.3) is 0 Å². The number of para-hydroxylation sites is 1. The zero-order valence-electron chi connectivity index (χ0n) is 18.8. The highest BCUT2D eigenvalue weighted by molar-refractivity contribution is 5.92. The van der Waals surface area contributed by atoms with E-state index in [0.29, 0.717) is 13.2 Å². The number of ether oxygens (including phenoxy) is 2. The molecule has 166 valence electrons. The summed E-state index contributed by atoms with van der Waals surface area (Å²) in [7, 11) is 1.67. The van der Waals surface area contributed by atoms with E-state index in [4.69, 9.17) is 14.5 Å². The van der Waals surface area contributed by atoms with Gasteiger partial charge in [0.15, 0.2) is 0 Å². The fraction of sp³-hybridized carbons (Fsp3) is 0.360. The minimum atomic E-state index is 0.0721. The zero-order valence-corrected chi connectivity index (χ0v) is 18.8. The number of pyridine rings is 2. The average Bonchev–Trinajstić information content (AvgIpc) is 3.21. The molecule has 1 aliphatic heterocycles. The fourth-order valence-corrected chi connectivity index (χ4v) is 4.36. The van der Waals surface area contributed by atoms with Crippen molar-refractivity contribution in [1.29, 1.82) is 0 Å². The van der Waals surface area contributed by atoms with Crippen LogP contribution in [0.5, 0.6) is 5.75 Å². The van der Waals surface area contributed by atoms with Crippen LogP contribution < -0.4 is 15.0 Å². The van der Waals surface area contributed by atoms with Crippen LogP contribution in [0, 0.1) is 0 Å². The van der Waals surface area contributed by atoms with Gasteiger partial charge in [-0.3, -0.25) is 4.40 Å². The zero-order chi connectivity index (χ0) is 22.1. The van der Waals surface area contributed by atoms with E-state index in [0.717, 1.165) is 53.3 Å². The van der Waals surface area contributed by atoms with Crippen LogP contribution >= 0.6 is 0 Å². The monoisotopic (exact) mass is 431 g/mol. The van der Waals surface area contributed by atoms with Gasteiger partial charge in [-0.2, -0.15) is 0 Å². The molecule has 1 aromatic carbocycles. The lowest BCUT2D eigenvalue weighted by molar-refractivity contribution is 0.146. The van der Waals surface area contributed by atoms with Gasteiger partial charge >= 0.3 is 0 Å². The second kappa shape index (κ2) is 8.41. The first-order valence-electron chi connectivity index (χ1n) is 11.0. The van der Waals surface area contributed by atoms with Gasteiger partial charge in [-0.25, -0.2) is 9.97 Å². The Morgan fingerprint density at radius 3 is 2.88 bits per heavy atom. The number of imidazole rings is 1. The second-order valence-electron chi connectivity index (χ2n) is 8.85. The number of hydrogen-bond acceptors (Lipinski definition) is 6. The number of anilines is 1. The first-order chi connectivity index (χ1) is 15.5. The highest BCUT2D eigenvalue weighted by Gasteiger charge is 2.27.